The molecule has 5 rings (SSSR count). The van der Waals surface area contributed by atoms with Crippen LogP contribution in [0.4, 0.5) is 5.69 Å². The molecule has 0 radical (unpaired) electrons. The van der Waals surface area contributed by atoms with E-state index in [4.69, 9.17) is 4.42 Å². The normalized spacial score (nSPS) is 11.8. The Kier molecular flexibility index (Phi) is 7.09. The van der Waals surface area contributed by atoms with E-state index in [-0.39, 0.29) is 23.4 Å². The van der Waals surface area contributed by atoms with Crippen LogP contribution in [0, 0.1) is 0 Å². The number of fused-ring (bicyclic) bond motifs is 1. The maximum Gasteiger partial charge on any atom is 0.255 e. The molecule has 0 saturated heterocycles. The lowest BCUT2D eigenvalue weighted by molar-refractivity contribution is 0.102. The van der Waals surface area contributed by atoms with Gasteiger partial charge in [-0.3, -0.25) is 4.79 Å². The fourth-order valence-corrected chi connectivity index (χ4v) is 5.78. The van der Waals surface area contributed by atoms with E-state index in [0.717, 1.165) is 16.6 Å². The summed E-state index contributed by atoms with van der Waals surface area (Å²) < 4.78 is 34.1. The molecule has 0 atom stereocenters. The van der Waals surface area contributed by atoms with Gasteiger partial charge in [-0.25, -0.2) is 13.4 Å². The number of amides is 1. The summed E-state index contributed by atoms with van der Waals surface area (Å²) in [6, 6.07) is 29.9. The average molecular weight is 526 g/mol. The number of carbonyl (C=O) groups is 1. The Morgan fingerprint density at radius 1 is 0.895 bits per heavy atom. The topological polar surface area (TPSA) is 92.5 Å². The van der Waals surface area contributed by atoms with Crippen molar-refractivity contribution in [3.05, 3.63) is 114 Å². The highest BCUT2D eigenvalue weighted by molar-refractivity contribution is 7.89. The van der Waals surface area contributed by atoms with Gasteiger partial charge in [-0.15, -0.1) is 0 Å². The number of carbonyl (C=O) groups excluding carboxylic acids is 1. The Balaban J connectivity index is 1.32. The SMILES string of the molecule is CC(C)N(Cc1ccccc1)S(=O)(=O)c1ccc(C(=O)Nc2cccc(-c3nc4ccccc4o3)c2)cc1. The molecular formula is C30H27N3O4S. The Bertz CT molecular complexity index is 1650. The fraction of sp³-hybridized carbons (Fsp3) is 0.133. The zero-order chi connectivity index (χ0) is 26.7. The van der Waals surface area contributed by atoms with Gasteiger partial charge >= 0.3 is 0 Å². The van der Waals surface area contributed by atoms with Crippen molar-refractivity contribution in [1.29, 1.82) is 0 Å². The summed E-state index contributed by atoms with van der Waals surface area (Å²) in [5, 5.41) is 2.87. The predicted octanol–water partition coefficient (Wildman–Crippen LogP) is 6.35. The Labute approximate surface area is 221 Å². The van der Waals surface area contributed by atoms with Gasteiger partial charge in [0.2, 0.25) is 15.9 Å². The summed E-state index contributed by atoms with van der Waals surface area (Å²) in [6.45, 7) is 3.95. The van der Waals surface area contributed by atoms with Gasteiger partial charge in [-0.2, -0.15) is 4.31 Å². The van der Waals surface area contributed by atoms with Crippen LogP contribution in [0.5, 0.6) is 0 Å². The van der Waals surface area contributed by atoms with Gasteiger partial charge in [-0.05, 0) is 74.0 Å². The predicted molar refractivity (Wildman–Crippen MR) is 148 cm³/mol. The molecule has 7 nitrogen and oxygen atoms in total. The number of anilines is 1. The summed E-state index contributed by atoms with van der Waals surface area (Å²) >= 11 is 0. The first kappa shape index (κ1) is 25.4. The van der Waals surface area contributed by atoms with E-state index in [9.17, 15) is 13.2 Å². The first-order valence-electron chi connectivity index (χ1n) is 12.2. The van der Waals surface area contributed by atoms with Gasteiger partial charge in [0.05, 0.1) is 4.90 Å². The van der Waals surface area contributed by atoms with E-state index in [1.165, 1.54) is 28.6 Å². The van der Waals surface area contributed by atoms with Crippen molar-refractivity contribution in [3.8, 4) is 11.5 Å². The molecule has 1 N–H and O–H groups in total. The highest BCUT2D eigenvalue weighted by Crippen LogP contribution is 2.27. The highest BCUT2D eigenvalue weighted by atomic mass is 32.2. The fourth-order valence-electron chi connectivity index (χ4n) is 4.15. The second kappa shape index (κ2) is 10.6. The van der Waals surface area contributed by atoms with Crippen LogP contribution in [0.2, 0.25) is 0 Å². The largest absolute Gasteiger partial charge is 0.436 e. The summed E-state index contributed by atoms with van der Waals surface area (Å²) in [7, 11) is -3.76. The number of benzene rings is 4. The number of aromatic nitrogens is 1. The van der Waals surface area contributed by atoms with Crippen LogP contribution in [0.3, 0.4) is 0 Å². The number of para-hydroxylation sites is 2. The summed E-state index contributed by atoms with van der Waals surface area (Å²) in [6.07, 6.45) is 0. The molecule has 0 spiro atoms. The van der Waals surface area contributed by atoms with E-state index in [1.54, 1.807) is 12.1 Å². The lowest BCUT2D eigenvalue weighted by Gasteiger charge is -2.26. The van der Waals surface area contributed by atoms with Gasteiger partial charge in [0.25, 0.3) is 5.91 Å². The molecular weight excluding hydrogens is 498 g/mol. The number of rotatable bonds is 8. The third kappa shape index (κ3) is 5.37. The number of sulfonamides is 1. The number of nitrogens with one attached hydrogen (secondary N) is 1. The standard InChI is InChI=1S/C30H27N3O4S/c1-21(2)33(20-22-9-4-3-5-10-22)38(35,36)26-17-15-23(16-18-26)29(34)31-25-12-8-11-24(19-25)30-32-27-13-6-7-14-28(27)37-30/h3-19,21H,20H2,1-2H3,(H,31,34). The highest BCUT2D eigenvalue weighted by Gasteiger charge is 2.27. The van der Waals surface area contributed by atoms with Crippen molar-refractivity contribution in [2.45, 2.75) is 31.3 Å². The van der Waals surface area contributed by atoms with Crippen molar-refractivity contribution in [3.63, 3.8) is 0 Å². The van der Waals surface area contributed by atoms with Crippen LogP contribution >= 0.6 is 0 Å². The number of oxazole rings is 1. The van der Waals surface area contributed by atoms with Gasteiger partial charge < -0.3 is 9.73 Å². The number of hydrogen-bond donors (Lipinski definition) is 1. The first-order valence-corrected chi connectivity index (χ1v) is 13.7. The van der Waals surface area contributed by atoms with Crippen LogP contribution in [0.15, 0.2) is 112 Å². The molecule has 0 fully saturated rings. The van der Waals surface area contributed by atoms with Crippen LogP contribution in [-0.4, -0.2) is 29.7 Å². The zero-order valence-electron chi connectivity index (χ0n) is 21.0. The van der Waals surface area contributed by atoms with E-state index in [0.29, 0.717) is 22.7 Å². The van der Waals surface area contributed by atoms with Gasteiger partial charge in [0.15, 0.2) is 5.58 Å². The third-order valence-corrected chi connectivity index (χ3v) is 8.18. The second-order valence-electron chi connectivity index (χ2n) is 9.18. The molecule has 5 aromatic rings. The maximum absolute atomic E-state index is 13.4. The average Bonchev–Trinajstić information content (AvgIpc) is 3.37. The third-order valence-electron chi connectivity index (χ3n) is 6.14. The molecule has 0 aliphatic carbocycles. The molecule has 1 amide bonds. The molecule has 192 valence electrons. The second-order valence-corrected chi connectivity index (χ2v) is 11.1. The van der Waals surface area contributed by atoms with Crippen LogP contribution in [0.1, 0.15) is 29.8 Å². The van der Waals surface area contributed by atoms with Crippen LogP contribution in [-0.2, 0) is 16.6 Å². The zero-order valence-corrected chi connectivity index (χ0v) is 21.9. The smallest absolute Gasteiger partial charge is 0.255 e. The van der Waals surface area contributed by atoms with Gasteiger partial charge in [0, 0.05) is 29.4 Å². The van der Waals surface area contributed by atoms with Crippen molar-refractivity contribution >= 4 is 32.7 Å². The quantitative estimate of drug-likeness (QED) is 0.255. The molecule has 0 unspecified atom stereocenters. The Morgan fingerprint density at radius 2 is 1.61 bits per heavy atom. The molecule has 4 aromatic carbocycles. The molecule has 38 heavy (non-hydrogen) atoms. The molecule has 0 aliphatic rings. The van der Waals surface area contributed by atoms with Crippen LogP contribution in [0.25, 0.3) is 22.6 Å². The molecule has 8 heteroatoms. The van der Waals surface area contributed by atoms with Crippen LogP contribution < -0.4 is 5.32 Å². The summed E-state index contributed by atoms with van der Waals surface area (Å²) in [4.78, 5) is 17.6. The summed E-state index contributed by atoms with van der Waals surface area (Å²) in [5.41, 5.74) is 3.99. The number of nitrogens with zero attached hydrogens (tertiary/aromatic N) is 2. The van der Waals surface area contributed by atoms with Gasteiger partial charge in [-0.1, -0.05) is 48.5 Å². The maximum atomic E-state index is 13.4. The molecule has 0 bridgehead atoms. The lowest BCUT2D eigenvalue weighted by Crippen LogP contribution is -2.36. The van der Waals surface area contributed by atoms with Crippen molar-refractivity contribution in [2.24, 2.45) is 0 Å². The minimum absolute atomic E-state index is 0.136. The van der Waals surface area contributed by atoms with Crippen molar-refractivity contribution < 1.29 is 17.6 Å². The van der Waals surface area contributed by atoms with Gasteiger partial charge in [0.1, 0.15) is 5.52 Å². The molecule has 0 saturated carbocycles. The van der Waals surface area contributed by atoms with Crippen molar-refractivity contribution in [1.82, 2.24) is 9.29 Å². The van der Waals surface area contributed by atoms with E-state index in [1.807, 2.05) is 80.6 Å². The Hall–Kier alpha value is -4.27. The minimum atomic E-state index is -3.76. The molecule has 0 aliphatic heterocycles. The molecule has 1 heterocycles. The Morgan fingerprint density at radius 3 is 2.32 bits per heavy atom. The summed E-state index contributed by atoms with van der Waals surface area (Å²) in [5.74, 6) is 0.107. The monoisotopic (exact) mass is 525 g/mol. The van der Waals surface area contributed by atoms with E-state index >= 15 is 0 Å². The van der Waals surface area contributed by atoms with E-state index in [2.05, 4.69) is 10.3 Å². The lowest BCUT2D eigenvalue weighted by atomic mass is 10.1. The molecule has 1 aromatic heterocycles. The first-order chi connectivity index (χ1) is 18.3. The van der Waals surface area contributed by atoms with E-state index < -0.39 is 10.0 Å². The number of hydrogen-bond acceptors (Lipinski definition) is 5. The minimum Gasteiger partial charge on any atom is -0.436 e. The van der Waals surface area contributed by atoms with Crippen molar-refractivity contribution in [2.75, 3.05) is 5.32 Å².